The van der Waals surface area contributed by atoms with Gasteiger partial charge in [0, 0.05) is 19.0 Å². The van der Waals surface area contributed by atoms with Gasteiger partial charge in [0.25, 0.3) is 0 Å². The van der Waals surface area contributed by atoms with Crippen LogP contribution in [-0.4, -0.2) is 31.1 Å². The molecule has 5 heteroatoms. The predicted octanol–water partition coefficient (Wildman–Crippen LogP) is 4.60. The molecule has 1 fully saturated rings. The normalized spacial score (nSPS) is 14.4. The van der Waals surface area contributed by atoms with Gasteiger partial charge >= 0.3 is 0 Å². The van der Waals surface area contributed by atoms with Gasteiger partial charge in [0.2, 0.25) is 5.91 Å². The molecule has 0 aromatic heterocycles. The van der Waals surface area contributed by atoms with Gasteiger partial charge in [-0.15, -0.1) is 0 Å². The minimum Gasteiger partial charge on any atom is -0.497 e. The molecule has 1 unspecified atom stereocenters. The number of ether oxygens (including phenoxy) is 2. The number of carbonyl (C=O) groups excluding carboxylic acids is 1. The van der Waals surface area contributed by atoms with Crippen LogP contribution in [0.2, 0.25) is 0 Å². The molecule has 0 N–H and O–H groups in total. The summed E-state index contributed by atoms with van der Waals surface area (Å²) in [6.45, 7) is 2.71. The third-order valence-corrected chi connectivity index (χ3v) is 5.47. The van der Waals surface area contributed by atoms with Crippen molar-refractivity contribution >= 4 is 5.91 Å². The van der Waals surface area contributed by atoms with Gasteiger partial charge in [-0.1, -0.05) is 18.2 Å². The Balaban J connectivity index is 1.66. The first-order chi connectivity index (χ1) is 13.5. The van der Waals surface area contributed by atoms with Crippen LogP contribution in [0.15, 0.2) is 42.5 Å². The van der Waals surface area contributed by atoms with Crippen LogP contribution in [0.4, 0.5) is 4.39 Å². The number of carbonyl (C=O) groups is 1. The number of rotatable bonds is 9. The van der Waals surface area contributed by atoms with E-state index in [1.807, 2.05) is 35.2 Å². The zero-order valence-corrected chi connectivity index (χ0v) is 16.8. The smallest absolute Gasteiger partial charge is 0.223 e. The molecule has 0 heterocycles. The summed E-state index contributed by atoms with van der Waals surface area (Å²) in [7, 11) is 3.08. The van der Waals surface area contributed by atoms with E-state index in [2.05, 4.69) is 6.92 Å². The second-order valence-corrected chi connectivity index (χ2v) is 7.42. The minimum absolute atomic E-state index is 0.103. The zero-order chi connectivity index (χ0) is 20.1. The van der Waals surface area contributed by atoms with Gasteiger partial charge in [-0.2, -0.15) is 0 Å². The highest BCUT2D eigenvalue weighted by Gasteiger charge is 2.34. The van der Waals surface area contributed by atoms with Gasteiger partial charge < -0.3 is 14.4 Å². The highest BCUT2D eigenvalue weighted by molar-refractivity contribution is 5.77. The molecule has 4 nitrogen and oxygen atoms in total. The average Bonchev–Trinajstić information content (AvgIpc) is 3.55. The van der Waals surface area contributed by atoms with Crippen LogP contribution in [-0.2, 0) is 17.8 Å². The van der Waals surface area contributed by atoms with Crippen molar-refractivity contribution in [3.63, 3.8) is 0 Å². The van der Waals surface area contributed by atoms with Crippen LogP contribution < -0.4 is 9.47 Å². The number of aryl methyl sites for hydroxylation is 1. The van der Waals surface area contributed by atoms with Crippen molar-refractivity contribution in [2.75, 3.05) is 14.2 Å². The van der Waals surface area contributed by atoms with Crippen LogP contribution in [0.25, 0.3) is 0 Å². The Bertz CT molecular complexity index is 802. The molecular formula is C23H28FNO3. The topological polar surface area (TPSA) is 38.8 Å². The number of hydrogen-bond donors (Lipinski definition) is 0. The second kappa shape index (κ2) is 9.09. The highest BCUT2D eigenvalue weighted by atomic mass is 19.1. The van der Waals surface area contributed by atoms with Gasteiger partial charge in [-0.05, 0) is 67.5 Å². The molecule has 0 bridgehead atoms. The molecule has 1 atom stereocenters. The van der Waals surface area contributed by atoms with Crippen molar-refractivity contribution in [3.05, 3.63) is 59.4 Å². The average molecular weight is 385 g/mol. The monoisotopic (exact) mass is 385 g/mol. The molecule has 28 heavy (non-hydrogen) atoms. The number of hydrogen-bond acceptors (Lipinski definition) is 3. The molecule has 2 aromatic rings. The van der Waals surface area contributed by atoms with E-state index in [1.54, 1.807) is 13.2 Å². The Labute approximate surface area is 166 Å². The van der Waals surface area contributed by atoms with Crippen molar-refractivity contribution in [1.29, 1.82) is 0 Å². The Morgan fingerprint density at radius 2 is 1.79 bits per heavy atom. The molecule has 0 spiro atoms. The summed E-state index contributed by atoms with van der Waals surface area (Å²) in [5, 5.41) is 0. The highest BCUT2D eigenvalue weighted by Crippen LogP contribution is 2.36. The molecule has 3 rings (SSSR count). The van der Waals surface area contributed by atoms with Crippen molar-refractivity contribution in [3.8, 4) is 11.5 Å². The van der Waals surface area contributed by atoms with E-state index in [1.165, 1.54) is 26.0 Å². The maximum Gasteiger partial charge on any atom is 0.223 e. The van der Waals surface area contributed by atoms with Gasteiger partial charge in [0.1, 0.15) is 5.75 Å². The van der Waals surface area contributed by atoms with Crippen molar-refractivity contribution in [2.45, 2.75) is 45.2 Å². The molecule has 1 amide bonds. The molecule has 1 aliphatic carbocycles. The number of benzene rings is 2. The maximum atomic E-state index is 13.9. The van der Waals surface area contributed by atoms with Crippen LogP contribution >= 0.6 is 0 Å². The fraction of sp³-hybridized carbons (Fsp3) is 0.435. The van der Waals surface area contributed by atoms with E-state index in [0.717, 1.165) is 16.9 Å². The first-order valence-electron chi connectivity index (χ1n) is 9.76. The zero-order valence-electron chi connectivity index (χ0n) is 16.8. The summed E-state index contributed by atoms with van der Waals surface area (Å²) in [5.74, 6) is 1.32. The van der Waals surface area contributed by atoms with E-state index in [-0.39, 0.29) is 17.7 Å². The minimum atomic E-state index is -0.395. The SMILES string of the molecule is COc1ccc(CN(C(=O)CCc2ccc(OC)c(F)c2)C(C)C2CC2)cc1. The molecule has 2 aromatic carbocycles. The molecule has 0 saturated heterocycles. The number of methoxy groups -OCH3 is 2. The summed E-state index contributed by atoms with van der Waals surface area (Å²) in [6.07, 6.45) is 3.23. The lowest BCUT2D eigenvalue weighted by Crippen LogP contribution is -2.39. The Morgan fingerprint density at radius 1 is 1.11 bits per heavy atom. The number of amides is 1. The Hall–Kier alpha value is -2.56. The van der Waals surface area contributed by atoms with E-state index in [4.69, 9.17) is 9.47 Å². The summed E-state index contributed by atoms with van der Waals surface area (Å²) in [6, 6.07) is 12.9. The van der Waals surface area contributed by atoms with Crippen molar-refractivity contribution < 1.29 is 18.7 Å². The summed E-state index contributed by atoms with van der Waals surface area (Å²) in [5.41, 5.74) is 1.88. The van der Waals surface area contributed by atoms with Crippen molar-refractivity contribution in [1.82, 2.24) is 4.90 Å². The van der Waals surface area contributed by atoms with E-state index < -0.39 is 5.82 Å². The third-order valence-electron chi connectivity index (χ3n) is 5.47. The van der Waals surface area contributed by atoms with Crippen LogP contribution in [0, 0.1) is 11.7 Å². The lowest BCUT2D eigenvalue weighted by Gasteiger charge is -2.30. The largest absolute Gasteiger partial charge is 0.497 e. The fourth-order valence-corrected chi connectivity index (χ4v) is 3.48. The van der Waals surface area contributed by atoms with E-state index in [9.17, 15) is 9.18 Å². The molecule has 0 radical (unpaired) electrons. The van der Waals surface area contributed by atoms with Gasteiger partial charge in [-0.3, -0.25) is 4.79 Å². The van der Waals surface area contributed by atoms with Gasteiger partial charge in [0.15, 0.2) is 11.6 Å². The van der Waals surface area contributed by atoms with Crippen LogP contribution in [0.1, 0.15) is 37.3 Å². The maximum absolute atomic E-state index is 13.9. The molecule has 150 valence electrons. The first kappa shape index (κ1) is 20.2. The lowest BCUT2D eigenvalue weighted by molar-refractivity contribution is -0.134. The Morgan fingerprint density at radius 3 is 2.36 bits per heavy atom. The predicted molar refractivity (Wildman–Crippen MR) is 107 cm³/mol. The molecule has 1 aliphatic rings. The van der Waals surface area contributed by atoms with E-state index in [0.29, 0.717) is 25.3 Å². The number of halogens is 1. The lowest BCUT2D eigenvalue weighted by atomic mass is 10.1. The quantitative estimate of drug-likeness (QED) is 0.633. The van der Waals surface area contributed by atoms with E-state index >= 15 is 0 Å². The summed E-state index contributed by atoms with van der Waals surface area (Å²) >= 11 is 0. The molecule has 0 aliphatic heterocycles. The fourth-order valence-electron chi connectivity index (χ4n) is 3.48. The summed E-state index contributed by atoms with van der Waals surface area (Å²) < 4.78 is 24.1. The molecule has 1 saturated carbocycles. The van der Waals surface area contributed by atoms with Gasteiger partial charge in [0.05, 0.1) is 14.2 Å². The van der Waals surface area contributed by atoms with Crippen molar-refractivity contribution in [2.24, 2.45) is 5.92 Å². The first-order valence-corrected chi connectivity index (χ1v) is 9.76. The number of nitrogens with zero attached hydrogens (tertiary/aromatic N) is 1. The van der Waals surface area contributed by atoms with Crippen LogP contribution in [0.3, 0.4) is 0 Å². The van der Waals surface area contributed by atoms with Gasteiger partial charge in [-0.25, -0.2) is 4.39 Å². The summed E-state index contributed by atoms with van der Waals surface area (Å²) in [4.78, 5) is 15.0. The standard InChI is InChI=1S/C23H28FNO3/c1-16(19-8-9-19)25(15-18-4-10-20(27-2)11-5-18)23(26)13-7-17-6-12-22(28-3)21(24)14-17/h4-6,10-12,14,16,19H,7-9,13,15H2,1-3H3. The second-order valence-electron chi connectivity index (χ2n) is 7.42. The molecular weight excluding hydrogens is 357 g/mol. The van der Waals surface area contributed by atoms with Crippen LogP contribution in [0.5, 0.6) is 11.5 Å². The third kappa shape index (κ3) is 5.03. The Kier molecular flexibility index (Phi) is 6.55.